The number of ether oxygens (including phenoxy) is 2. The Hall–Kier alpha value is -2.99. The van der Waals surface area contributed by atoms with Gasteiger partial charge in [0.25, 0.3) is 0 Å². The third-order valence-corrected chi connectivity index (χ3v) is 5.98. The number of allylic oxidation sites excluding steroid dienone is 1. The molecule has 0 aliphatic carbocycles. The zero-order chi connectivity index (χ0) is 25.3. The van der Waals surface area contributed by atoms with Crippen LogP contribution in [0, 0.1) is 13.8 Å². The van der Waals surface area contributed by atoms with Crippen LogP contribution < -0.4 is 4.74 Å². The summed E-state index contributed by atoms with van der Waals surface area (Å²) in [5.41, 5.74) is 2.19. The van der Waals surface area contributed by atoms with Crippen LogP contribution in [0.1, 0.15) is 61.7 Å². The van der Waals surface area contributed by atoms with Crippen molar-refractivity contribution in [2.45, 2.75) is 64.6 Å². The number of aryl methyl sites for hydroxylation is 2. The minimum Gasteiger partial charge on any atom is -0.476 e. The minimum atomic E-state index is -1.14. The molecule has 6 heteroatoms. The van der Waals surface area contributed by atoms with E-state index in [9.17, 15) is 9.59 Å². The number of benzene rings is 2. The van der Waals surface area contributed by atoms with Gasteiger partial charge in [-0.1, -0.05) is 6.08 Å². The lowest BCUT2D eigenvalue weighted by Crippen LogP contribution is -2.43. The van der Waals surface area contributed by atoms with E-state index in [2.05, 4.69) is 0 Å². The van der Waals surface area contributed by atoms with Gasteiger partial charge in [0.05, 0.1) is 11.2 Å². The van der Waals surface area contributed by atoms with Crippen LogP contribution in [0.5, 0.6) is 5.75 Å². The van der Waals surface area contributed by atoms with Crippen LogP contribution >= 0.6 is 11.8 Å². The van der Waals surface area contributed by atoms with Crippen molar-refractivity contribution in [2.24, 2.45) is 0 Å². The summed E-state index contributed by atoms with van der Waals surface area (Å²) < 4.78 is 17.2. The van der Waals surface area contributed by atoms with E-state index in [1.807, 2.05) is 71.2 Å². The van der Waals surface area contributed by atoms with E-state index in [0.29, 0.717) is 11.3 Å². The molecule has 0 N–H and O–H groups in total. The second-order valence-electron chi connectivity index (χ2n) is 9.77. The first kappa shape index (κ1) is 25.6. The van der Waals surface area contributed by atoms with Crippen molar-refractivity contribution in [3.05, 3.63) is 64.9 Å². The molecule has 180 valence electrons. The van der Waals surface area contributed by atoms with Crippen LogP contribution in [0.3, 0.4) is 0 Å². The van der Waals surface area contributed by atoms with Gasteiger partial charge in [-0.3, -0.25) is 4.79 Å². The van der Waals surface area contributed by atoms with Gasteiger partial charge in [0.1, 0.15) is 16.9 Å². The normalized spacial score (nSPS) is 12.4. The minimum absolute atomic E-state index is 0.0965. The number of thioether (sulfide) groups is 1. The molecule has 1 heterocycles. The average Bonchev–Trinajstić information content (AvgIpc) is 3.22. The van der Waals surface area contributed by atoms with Gasteiger partial charge in [0.15, 0.2) is 11.4 Å². The highest BCUT2D eigenvalue weighted by molar-refractivity contribution is 7.98. The Morgan fingerprint density at radius 1 is 1.00 bits per heavy atom. The zero-order valence-corrected chi connectivity index (χ0v) is 21.9. The second-order valence-corrected chi connectivity index (χ2v) is 10.6. The molecule has 0 aliphatic heterocycles. The largest absolute Gasteiger partial charge is 0.476 e. The van der Waals surface area contributed by atoms with E-state index in [-0.39, 0.29) is 5.78 Å². The molecule has 0 saturated carbocycles. The monoisotopic (exact) mass is 480 g/mol. The maximum absolute atomic E-state index is 12.9. The van der Waals surface area contributed by atoms with E-state index in [1.54, 1.807) is 44.0 Å². The molecule has 0 saturated heterocycles. The standard InChI is InChI=1S/C28H32O5S/c1-17-15-19(16-18(2)24(17)32-28(6,7)26(30)33-27(3,4)5)9-11-22(29)20-10-12-23(34-8)25-21(20)13-14-31-25/h9-16H,1-8H3/b11-9+. The molecule has 5 nitrogen and oxygen atoms in total. The van der Waals surface area contributed by atoms with Gasteiger partial charge in [-0.15, -0.1) is 11.8 Å². The summed E-state index contributed by atoms with van der Waals surface area (Å²) in [5, 5.41) is 0.807. The van der Waals surface area contributed by atoms with E-state index in [0.717, 1.165) is 32.6 Å². The highest BCUT2D eigenvalue weighted by Gasteiger charge is 2.35. The Bertz CT molecular complexity index is 1230. The predicted octanol–water partition coefficient (Wildman–Crippen LogP) is 7.17. The topological polar surface area (TPSA) is 65.7 Å². The summed E-state index contributed by atoms with van der Waals surface area (Å²) in [5.74, 6) is 0.110. The molecule has 0 amide bonds. The van der Waals surface area contributed by atoms with Crippen molar-refractivity contribution in [1.29, 1.82) is 0 Å². The molecule has 3 aromatic rings. The number of furan rings is 1. The predicted molar refractivity (Wildman–Crippen MR) is 138 cm³/mol. The lowest BCUT2D eigenvalue weighted by molar-refractivity contribution is -0.171. The Balaban J connectivity index is 1.82. The lowest BCUT2D eigenvalue weighted by atomic mass is 10.0. The summed E-state index contributed by atoms with van der Waals surface area (Å²) in [4.78, 5) is 26.5. The Labute approximate surface area is 205 Å². The number of rotatable bonds is 7. The van der Waals surface area contributed by atoms with Gasteiger partial charge >= 0.3 is 5.97 Å². The average molecular weight is 481 g/mol. The van der Waals surface area contributed by atoms with Gasteiger partial charge in [0, 0.05) is 10.9 Å². The summed E-state index contributed by atoms with van der Waals surface area (Å²) in [6.45, 7) is 12.7. The third-order valence-electron chi connectivity index (χ3n) is 5.22. The SMILES string of the molecule is CSc1ccc(C(=O)/C=C/c2cc(C)c(OC(C)(C)C(=O)OC(C)(C)C)c(C)c2)c2ccoc12. The number of hydrogen-bond donors (Lipinski definition) is 0. The first-order valence-electron chi connectivity index (χ1n) is 11.1. The van der Waals surface area contributed by atoms with Crippen molar-refractivity contribution in [1.82, 2.24) is 0 Å². The maximum atomic E-state index is 12.9. The van der Waals surface area contributed by atoms with Gasteiger partial charge in [0.2, 0.25) is 0 Å². The molecule has 2 aromatic carbocycles. The molecule has 0 atom stereocenters. The fraction of sp³-hybridized carbons (Fsp3) is 0.357. The Kier molecular flexibility index (Phi) is 7.32. The number of hydrogen-bond acceptors (Lipinski definition) is 6. The van der Waals surface area contributed by atoms with Crippen LogP contribution in [-0.2, 0) is 9.53 Å². The van der Waals surface area contributed by atoms with Gasteiger partial charge < -0.3 is 13.9 Å². The van der Waals surface area contributed by atoms with Crippen molar-refractivity contribution >= 4 is 40.6 Å². The van der Waals surface area contributed by atoms with Gasteiger partial charge in [-0.2, -0.15) is 0 Å². The Morgan fingerprint density at radius 3 is 2.24 bits per heavy atom. The van der Waals surface area contributed by atoms with Crippen LogP contribution in [0.15, 0.2) is 52.0 Å². The molecule has 0 bridgehead atoms. The summed E-state index contributed by atoms with van der Waals surface area (Å²) in [7, 11) is 0. The molecule has 1 aromatic heterocycles. The summed E-state index contributed by atoms with van der Waals surface area (Å²) in [6.07, 6.45) is 6.94. The third kappa shape index (κ3) is 5.73. The smallest absolute Gasteiger partial charge is 0.350 e. The second kappa shape index (κ2) is 9.71. The van der Waals surface area contributed by atoms with Crippen molar-refractivity contribution < 1.29 is 23.5 Å². The number of fused-ring (bicyclic) bond motifs is 1. The molecular formula is C28H32O5S. The van der Waals surface area contributed by atoms with Crippen LogP contribution in [-0.4, -0.2) is 29.2 Å². The molecule has 3 rings (SSSR count). The van der Waals surface area contributed by atoms with Crippen LogP contribution in [0.2, 0.25) is 0 Å². The van der Waals surface area contributed by atoms with Gasteiger partial charge in [-0.05, 0) is 108 Å². The first-order chi connectivity index (χ1) is 15.8. The number of esters is 1. The maximum Gasteiger partial charge on any atom is 0.350 e. The van der Waals surface area contributed by atoms with Crippen LogP contribution in [0.25, 0.3) is 17.0 Å². The quantitative estimate of drug-likeness (QED) is 0.155. The number of ketones is 1. The van der Waals surface area contributed by atoms with E-state index in [4.69, 9.17) is 13.9 Å². The fourth-order valence-electron chi connectivity index (χ4n) is 3.61. The van der Waals surface area contributed by atoms with E-state index < -0.39 is 17.2 Å². The van der Waals surface area contributed by atoms with Crippen LogP contribution in [0.4, 0.5) is 0 Å². The first-order valence-corrected chi connectivity index (χ1v) is 12.3. The molecule has 0 fully saturated rings. The summed E-state index contributed by atoms with van der Waals surface area (Å²) in [6, 6.07) is 9.43. The highest BCUT2D eigenvalue weighted by Crippen LogP contribution is 2.32. The summed E-state index contributed by atoms with van der Waals surface area (Å²) >= 11 is 1.58. The molecular weight excluding hydrogens is 448 g/mol. The molecule has 0 aliphatic rings. The van der Waals surface area contributed by atoms with Crippen molar-refractivity contribution in [2.75, 3.05) is 6.26 Å². The van der Waals surface area contributed by atoms with Crippen molar-refractivity contribution in [3.63, 3.8) is 0 Å². The number of carbonyl (C=O) groups excluding carboxylic acids is 2. The van der Waals surface area contributed by atoms with E-state index in [1.165, 1.54) is 0 Å². The zero-order valence-electron chi connectivity index (χ0n) is 21.1. The van der Waals surface area contributed by atoms with Gasteiger partial charge in [-0.25, -0.2) is 4.79 Å². The lowest BCUT2D eigenvalue weighted by Gasteiger charge is -2.30. The van der Waals surface area contributed by atoms with Crippen molar-refractivity contribution in [3.8, 4) is 5.75 Å². The molecule has 34 heavy (non-hydrogen) atoms. The van der Waals surface area contributed by atoms with E-state index >= 15 is 0 Å². The number of carbonyl (C=O) groups is 2. The molecule has 0 unspecified atom stereocenters. The highest BCUT2D eigenvalue weighted by atomic mass is 32.2. The molecule has 0 radical (unpaired) electrons. The fourth-order valence-corrected chi connectivity index (χ4v) is 4.16. The molecule has 0 spiro atoms. The Morgan fingerprint density at radius 2 is 1.65 bits per heavy atom.